The Morgan fingerprint density at radius 3 is 2.30 bits per heavy atom. The van der Waals surface area contributed by atoms with Crippen LogP contribution in [0.1, 0.15) is 43.9 Å². The fourth-order valence-electron chi connectivity index (χ4n) is 2.29. The molecule has 0 heterocycles. The van der Waals surface area contributed by atoms with E-state index in [2.05, 4.69) is 0 Å². The smallest absolute Gasteiger partial charge is 0.207 e. The highest BCUT2D eigenvalue weighted by Gasteiger charge is 2.28. The average Bonchev–Trinajstić information content (AvgIpc) is 2.41. The van der Waals surface area contributed by atoms with E-state index < -0.39 is 10.0 Å². The first-order valence-electron chi connectivity index (χ1n) is 6.97. The van der Waals surface area contributed by atoms with Crippen LogP contribution in [-0.2, 0) is 15.9 Å². The molecule has 20 heavy (non-hydrogen) atoms. The minimum atomic E-state index is -3.47. The molecular formula is C15H24ClNO2S. The molecule has 0 spiro atoms. The number of sulfonamides is 1. The number of alkyl halides is 1. The van der Waals surface area contributed by atoms with Gasteiger partial charge < -0.3 is 0 Å². The van der Waals surface area contributed by atoms with E-state index in [-0.39, 0.29) is 6.04 Å². The van der Waals surface area contributed by atoms with Crippen LogP contribution in [0.4, 0.5) is 0 Å². The predicted octanol–water partition coefficient (Wildman–Crippen LogP) is 3.85. The topological polar surface area (TPSA) is 37.4 Å². The quantitative estimate of drug-likeness (QED) is 0.747. The monoisotopic (exact) mass is 317 g/mol. The Bertz CT molecular complexity index is 569. The summed E-state index contributed by atoms with van der Waals surface area (Å²) in [7, 11) is -3.47. The largest absolute Gasteiger partial charge is 0.243 e. The van der Waals surface area contributed by atoms with Crippen molar-refractivity contribution in [2.75, 3.05) is 6.54 Å². The van der Waals surface area contributed by atoms with Crippen LogP contribution in [0, 0.1) is 13.8 Å². The van der Waals surface area contributed by atoms with Crippen molar-refractivity contribution in [3.05, 3.63) is 28.8 Å². The first-order valence-corrected chi connectivity index (χ1v) is 8.94. The zero-order valence-corrected chi connectivity index (χ0v) is 14.5. The molecule has 114 valence electrons. The van der Waals surface area contributed by atoms with Crippen LogP contribution >= 0.6 is 11.6 Å². The molecule has 5 heteroatoms. The molecule has 0 N–H and O–H groups in total. The van der Waals surface area contributed by atoms with Crippen molar-refractivity contribution >= 4 is 21.6 Å². The molecule has 0 bridgehead atoms. The van der Waals surface area contributed by atoms with Gasteiger partial charge in [-0.2, -0.15) is 4.31 Å². The lowest BCUT2D eigenvalue weighted by Gasteiger charge is -2.27. The van der Waals surface area contributed by atoms with E-state index >= 15 is 0 Å². The molecule has 0 aromatic heterocycles. The van der Waals surface area contributed by atoms with Gasteiger partial charge in [0.1, 0.15) is 0 Å². The van der Waals surface area contributed by atoms with Crippen LogP contribution in [-0.4, -0.2) is 25.3 Å². The van der Waals surface area contributed by atoms with E-state index in [1.165, 1.54) is 0 Å². The normalized spacial score (nSPS) is 13.8. The minimum Gasteiger partial charge on any atom is -0.207 e. The second-order valence-corrected chi connectivity index (χ2v) is 7.26. The second kappa shape index (κ2) is 6.92. The molecule has 0 radical (unpaired) electrons. The Labute approximate surface area is 128 Å². The lowest BCUT2D eigenvalue weighted by Crippen LogP contribution is -2.38. The van der Waals surface area contributed by atoms with Gasteiger partial charge in [-0.3, -0.25) is 0 Å². The van der Waals surface area contributed by atoms with Crippen LogP contribution in [0.2, 0.25) is 0 Å². The maximum absolute atomic E-state index is 12.9. The Morgan fingerprint density at radius 2 is 1.85 bits per heavy atom. The summed E-state index contributed by atoms with van der Waals surface area (Å²) in [5.74, 6) is 0.319. The molecule has 1 aromatic rings. The van der Waals surface area contributed by atoms with Crippen molar-refractivity contribution in [2.24, 2.45) is 0 Å². The van der Waals surface area contributed by atoms with Gasteiger partial charge in [0.25, 0.3) is 0 Å². The van der Waals surface area contributed by atoms with Gasteiger partial charge in [0.05, 0.1) is 4.90 Å². The van der Waals surface area contributed by atoms with Crippen LogP contribution < -0.4 is 0 Å². The summed E-state index contributed by atoms with van der Waals surface area (Å²) in [5.41, 5.74) is 2.61. The van der Waals surface area contributed by atoms with Crippen LogP contribution in [0.3, 0.4) is 0 Å². The number of benzene rings is 1. The Hall–Kier alpha value is -0.580. The maximum Gasteiger partial charge on any atom is 0.243 e. The molecule has 3 nitrogen and oxygen atoms in total. The number of halogens is 1. The number of hydrogen-bond acceptors (Lipinski definition) is 2. The van der Waals surface area contributed by atoms with Crippen molar-refractivity contribution in [1.29, 1.82) is 0 Å². The highest BCUT2D eigenvalue weighted by atomic mass is 35.5. The Kier molecular flexibility index (Phi) is 6.05. The first kappa shape index (κ1) is 17.5. The van der Waals surface area contributed by atoms with Crippen LogP contribution in [0.15, 0.2) is 17.0 Å². The van der Waals surface area contributed by atoms with Gasteiger partial charge in [-0.15, -0.1) is 11.6 Å². The molecule has 0 fully saturated rings. The van der Waals surface area contributed by atoms with Gasteiger partial charge in [-0.1, -0.05) is 19.9 Å². The number of aryl methyl sites for hydroxylation is 1. The van der Waals surface area contributed by atoms with E-state index in [0.717, 1.165) is 23.1 Å². The van der Waals surface area contributed by atoms with Gasteiger partial charge >= 0.3 is 0 Å². The van der Waals surface area contributed by atoms with E-state index in [9.17, 15) is 8.42 Å². The predicted molar refractivity (Wildman–Crippen MR) is 84.8 cm³/mol. The van der Waals surface area contributed by atoms with E-state index in [0.29, 0.717) is 17.3 Å². The van der Waals surface area contributed by atoms with Crippen LogP contribution in [0.5, 0.6) is 0 Å². The van der Waals surface area contributed by atoms with Gasteiger partial charge in [0, 0.05) is 18.5 Å². The summed E-state index contributed by atoms with van der Waals surface area (Å²) in [6, 6.07) is 3.64. The SMILES string of the molecule is CCC(C)N(CC)S(=O)(=O)c1cc(CCl)cc(C)c1C. The summed E-state index contributed by atoms with van der Waals surface area (Å²) in [5, 5.41) is 0. The van der Waals surface area contributed by atoms with Crippen molar-refractivity contribution in [2.45, 2.75) is 57.9 Å². The Morgan fingerprint density at radius 1 is 1.25 bits per heavy atom. The zero-order chi connectivity index (χ0) is 15.5. The van der Waals surface area contributed by atoms with Gasteiger partial charge in [-0.05, 0) is 49.9 Å². The molecule has 0 saturated heterocycles. The fourth-order valence-corrected chi connectivity index (χ4v) is 4.51. The van der Waals surface area contributed by atoms with E-state index in [1.807, 2.05) is 40.7 Å². The third kappa shape index (κ3) is 3.35. The number of rotatable bonds is 6. The summed E-state index contributed by atoms with van der Waals surface area (Å²) in [4.78, 5) is 0.385. The van der Waals surface area contributed by atoms with Gasteiger partial charge in [0.15, 0.2) is 0 Å². The maximum atomic E-state index is 12.9. The summed E-state index contributed by atoms with van der Waals surface area (Å²) < 4.78 is 27.3. The highest BCUT2D eigenvalue weighted by Crippen LogP contribution is 2.26. The van der Waals surface area contributed by atoms with Crippen molar-refractivity contribution < 1.29 is 8.42 Å². The van der Waals surface area contributed by atoms with Crippen molar-refractivity contribution in [3.63, 3.8) is 0 Å². The summed E-state index contributed by atoms with van der Waals surface area (Å²) >= 11 is 5.87. The van der Waals surface area contributed by atoms with E-state index in [4.69, 9.17) is 11.6 Å². The first-order chi connectivity index (χ1) is 9.29. The molecule has 0 aliphatic heterocycles. The zero-order valence-electron chi connectivity index (χ0n) is 12.9. The van der Waals surface area contributed by atoms with Crippen LogP contribution in [0.25, 0.3) is 0 Å². The van der Waals surface area contributed by atoms with E-state index in [1.54, 1.807) is 10.4 Å². The molecular weight excluding hydrogens is 294 g/mol. The molecule has 0 aliphatic carbocycles. The Balaban J connectivity index is 3.45. The molecule has 1 rings (SSSR count). The average molecular weight is 318 g/mol. The summed E-state index contributed by atoms with van der Waals surface area (Å²) in [6.07, 6.45) is 0.792. The lowest BCUT2D eigenvalue weighted by atomic mass is 10.1. The van der Waals surface area contributed by atoms with Crippen molar-refractivity contribution in [1.82, 2.24) is 4.31 Å². The molecule has 1 atom stereocenters. The molecule has 0 amide bonds. The lowest BCUT2D eigenvalue weighted by molar-refractivity contribution is 0.342. The van der Waals surface area contributed by atoms with Crippen molar-refractivity contribution in [3.8, 4) is 0 Å². The molecule has 0 aliphatic rings. The van der Waals surface area contributed by atoms with Gasteiger partial charge in [-0.25, -0.2) is 8.42 Å². The number of hydrogen-bond donors (Lipinski definition) is 0. The third-order valence-electron chi connectivity index (χ3n) is 3.81. The van der Waals surface area contributed by atoms with Gasteiger partial charge in [0.2, 0.25) is 10.0 Å². The summed E-state index contributed by atoms with van der Waals surface area (Å²) in [6.45, 7) is 10.1. The number of nitrogens with zero attached hydrogens (tertiary/aromatic N) is 1. The molecule has 0 saturated carbocycles. The molecule has 1 aromatic carbocycles. The molecule has 1 unspecified atom stereocenters. The second-order valence-electron chi connectivity index (χ2n) is 5.14. The standard InChI is InChI=1S/C15H24ClNO2S/c1-6-12(4)17(7-2)20(18,19)15-9-14(10-16)8-11(3)13(15)5/h8-9,12H,6-7,10H2,1-5H3. The third-order valence-corrected chi connectivity index (χ3v) is 6.34. The highest BCUT2D eigenvalue weighted by molar-refractivity contribution is 7.89. The minimum absolute atomic E-state index is 0.00985. The fraction of sp³-hybridized carbons (Fsp3) is 0.600.